The van der Waals surface area contributed by atoms with E-state index in [1.54, 1.807) is 12.1 Å². The first-order valence-corrected chi connectivity index (χ1v) is 6.57. The highest BCUT2D eigenvalue weighted by atomic mass is 19.1. The van der Waals surface area contributed by atoms with Crippen molar-refractivity contribution >= 4 is 0 Å². The lowest BCUT2D eigenvalue weighted by atomic mass is 9.70. The molecule has 2 heteroatoms. The zero-order chi connectivity index (χ0) is 11.9. The number of rotatable bonds is 3. The van der Waals surface area contributed by atoms with Gasteiger partial charge >= 0.3 is 0 Å². The van der Waals surface area contributed by atoms with Crippen molar-refractivity contribution < 1.29 is 9.50 Å². The second-order valence-electron chi connectivity index (χ2n) is 5.91. The molecule has 92 valence electrons. The van der Waals surface area contributed by atoms with Gasteiger partial charge in [-0.1, -0.05) is 18.6 Å². The van der Waals surface area contributed by atoms with E-state index in [-0.39, 0.29) is 17.8 Å². The molecule has 2 bridgehead atoms. The number of fused-ring (bicyclic) bond motifs is 2. The summed E-state index contributed by atoms with van der Waals surface area (Å²) in [6.45, 7) is 0.255. The summed E-state index contributed by atoms with van der Waals surface area (Å²) in [5, 5.41) is 9.78. The van der Waals surface area contributed by atoms with E-state index in [1.807, 2.05) is 6.07 Å². The van der Waals surface area contributed by atoms with Gasteiger partial charge in [0.15, 0.2) is 0 Å². The van der Waals surface area contributed by atoms with Gasteiger partial charge in [-0.3, -0.25) is 0 Å². The van der Waals surface area contributed by atoms with Crippen LogP contribution in [0.3, 0.4) is 0 Å². The van der Waals surface area contributed by atoms with Crippen LogP contribution >= 0.6 is 0 Å². The molecule has 1 aromatic carbocycles. The molecule has 17 heavy (non-hydrogen) atoms. The van der Waals surface area contributed by atoms with Crippen LogP contribution in [0.2, 0.25) is 0 Å². The van der Waals surface area contributed by atoms with Crippen molar-refractivity contribution in [1.29, 1.82) is 0 Å². The second kappa shape index (κ2) is 4.09. The van der Waals surface area contributed by atoms with E-state index < -0.39 is 0 Å². The van der Waals surface area contributed by atoms with E-state index in [9.17, 15) is 9.50 Å². The van der Waals surface area contributed by atoms with E-state index in [0.717, 1.165) is 24.3 Å². The quantitative estimate of drug-likeness (QED) is 0.851. The maximum absolute atomic E-state index is 13.2. The molecule has 0 amide bonds. The molecule has 0 aliphatic heterocycles. The van der Waals surface area contributed by atoms with E-state index in [4.69, 9.17) is 0 Å². The zero-order valence-corrected chi connectivity index (χ0v) is 10.0. The lowest BCUT2D eigenvalue weighted by Crippen LogP contribution is -2.34. The minimum absolute atomic E-state index is 0.0384. The van der Waals surface area contributed by atoms with Crippen LogP contribution in [0.1, 0.15) is 31.2 Å². The molecule has 0 saturated heterocycles. The van der Waals surface area contributed by atoms with Gasteiger partial charge in [0.1, 0.15) is 5.82 Å². The van der Waals surface area contributed by atoms with E-state index in [1.165, 1.54) is 25.3 Å². The van der Waals surface area contributed by atoms with Gasteiger partial charge in [0, 0.05) is 12.0 Å². The van der Waals surface area contributed by atoms with Crippen molar-refractivity contribution in [2.75, 3.05) is 6.61 Å². The number of benzene rings is 1. The Labute approximate surface area is 102 Å². The summed E-state index contributed by atoms with van der Waals surface area (Å²) >= 11 is 0. The summed E-state index contributed by atoms with van der Waals surface area (Å²) in [5.74, 6) is 1.29. The molecule has 0 heterocycles. The molecule has 2 aliphatic carbocycles. The van der Waals surface area contributed by atoms with Gasteiger partial charge in [0.25, 0.3) is 0 Å². The Morgan fingerprint density at radius 1 is 1.35 bits per heavy atom. The Kier molecular flexibility index (Phi) is 2.70. The van der Waals surface area contributed by atoms with Crippen LogP contribution < -0.4 is 0 Å². The minimum Gasteiger partial charge on any atom is -0.396 e. The first kappa shape index (κ1) is 11.2. The molecule has 3 rings (SSSR count). The second-order valence-corrected chi connectivity index (χ2v) is 5.91. The first-order chi connectivity index (χ1) is 8.22. The smallest absolute Gasteiger partial charge is 0.123 e. The van der Waals surface area contributed by atoms with Crippen LogP contribution in [0.25, 0.3) is 0 Å². The summed E-state index contributed by atoms with van der Waals surface area (Å²) in [6, 6.07) is 6.84. The number of aliphatic hydroxyl groups excluding tert-OH is 1. The fourth-order valence-corrected chi connectivity index (χ4v) is 4.08. The molecule has 3 atom stereocenters. The van der Waals surface area contributed by atoms with Crippen LogP contribution in [0, 0.1) is 23.1 Å². The summed E-state index contributed by atoms with van der Waals surface area (Å²) in [4.78, 5) is 0. The van der Waals surface area contributed by atoms with E-state index in [2.05, 4.69) is 0 Å². The summed E-state index contributed by atoms with van der Waals surface area (Å²) in [6.07, 6.45) is 5.82. The summed E-state index contributed by atoms with van der Waals surface area (Å²) < 4.78 is 13.2. The van der Waals surface area contributed by atoms with Gasteiger partial charge in [-0.2, -0.15) is 0 Å². The molecule has 2 aliphatic rings. The standard InChI is InChI=1S/C15H19FO/c16-14-3-1-2-11(7-14)8-15(10-17)9-12-4-5-13(15)6-12/h1-3,7,12-13,17H,4-6,8-10H2. The number of hydrogen-bond acceptors (Lipinski definition) is 1. The lowest BCUT2D eigenvalue weighted by Gasteiger charge is -2.36. The highest BCUT2D eigenvalue weighted by Crippen LogP contribution is 2.57. The maximum atomic E-state index is 13.2. The first-order valence-electron chi connectivity index (χ1n) is 6.57. The van der Waals surface area contributed by atoms with Crippen LogP contribution in [-0.2, 0) is 6.42 Å². The Balaban J connectivity index is 1.83. The Morgan fingerprint density at radius 3 is 2.82 bits per heavy atom. The molecule has 0 spiro atoms. The number of aliphatic hydroxyl groups is 1. The van der Waals surface area contributed by atoms with Crippen molar-refractivity contribution in [3.8, 4) is 0 Å². The van der Waals surface area contributed by atoms with E-state index in [0.29, 0.717) is 5.92 Å². The number of halogens is 1. The molecule has 1 nitrogen and oxygen atoms in total. The van der Waals surface area contributed by atoms with Crippen molar-refractivity contribution in [1.82, 2.24) is 0 Å². The van der Waals surface area contributed by atoms with Gasteiger partial charge in [0.2, 0.25) is 0 Å². The van der Waals surface area contributed by atoms with Gasteiger partial charge in [-0.15, -0.1) is 0 Å². The molecule has 1 aromatic rings. The normalized spacial score (nSPS) is 35.4. The third kappa shape index (κ3) is 1.89. The summed E-state index contributed by atoms with van der Waals surface area (Å²) in [7, 11) is 0. The van der Waals surface area contributed by atoms with Crippen molar-refractivity contribution in [2.24, 2.45) is 17.3 Å². The molecule has 0 aromatic heterocycles. The minimum atomic E-state index is -0.168. The monoisotopic (exact) mass is 234 g/mol. The largest absolute Gasteiger partial charge is 0.396 e. The number of hydrogen-bond donors (Lipinski definition) is 1. The Hall–Kier alpha value is -0.890. The molecule has 2 fully saturated rings. The van der Waals surface area contributed by atoms with Gasteiger partial charge in [-0.05, 0) is 55.2 Å². The van der Waals surface area contributed by atoms with Gasteiger partial charge < -0.3 is 5.11 Å². The highest BCUT2D eigenvalue weighted by molar-refractivity contribution is 5.19. The van der Waals surface area contributed by atoms with Crippen LogP contribution in [0.15, 0.2) is 24.3 Å². The van der Waals surface area contributed by atoms with Crippen LogP contribution in [0.5, 0.6) is 0 Å². The molecule has 1 N–H and O–H groups in total. The average molecular weight is 234 g/mol. The third-order valence-corrected chi connectivity index (χ3v) is 4.86. The molecular formula is C15H19FO. The third-order valence-electron chi connectivity index (χ3n) is 4.86. The fraction of sp³-hybridized carbons (Fsp3) is 0.600. The SMILES string of the molecule is OCC1(Cc2cccc(F)c2)CC2CCC1C2. The molecular weight excluding hydrogens is 215 g/mol. The maximum Gasteiger partial charge on any atom is 0.123 e. The van der Waals surface area contributed by atoms with Gasteiger partial charge in [0.05, 0.1) is 0 Å². The predicted molar refractivity (Wildman–Crippen MR) is 65.1 cm³/mol. The Bertz CT molecular complexity index is 417. The summed E-state index contributed by atoms with van der Waals surface area (Å²) in [5.41, 5.74) is 1.07. The topological polar surface area (TPSA) is 20.2 Å². The lowest BCUT2D eigenvalue weighted by molar-refractivity contribution is 0.0651. The van der Waals surface area contributed by atoms with Crippen LogP contribution in [0.4, 0.5) is 4.39 Å². The zero-order valence-electron chi connectivity index (χ0n) is 10.0. The Morgan fingerprint density at radius 2 is 2.24 bits per heavy atom. The van der Waals surface area contributed by atoms with Crippen molar-refractivity contribution in [3.05, 3.63) is 35.6 Å². The average Bonchev–Trinajstić information content (AvgIpc) is 2.89. The van der Waals surface area contributed by atoms with Crippen LogP contribution in [-0.4, -0.2) is 11.7 Å². The molecule has 0 radical (unpaired) electrons. The fourth-order valence-electron chi connectivity index (χ4n) is 4.08. The molecule has 2 saturated carbocycles. The van der Waals surface area contributed by atoms with E-state index >= 15 is 0 Å². The van der Waals surface area contributed by atoms with Crippen molar-refractivity contribution in [3.63, 3.8) is 0 Å². The van der Waals surface area contributed by atoms with Gasteiger partial charge in [-0.25, -0.2) is 4.39 Å². The van der Waals surface area contributed by atoms with Crippen molar-refractivity contribution in [2.45, 2.75) is 32.1 Å². The molecule has 3 unspecified atom stereocenters. The highest BCUT2D eigenvalue weighted by Gasteiger charge is 2.50. The predicted octanol–water partition coefficient (Wildman–Crippen LogP) is 3.17.